The molecule has 0 atom stereocenters. The van der Waals surface area contributed by atoms with Crippen molar-refractivity contribution in [1.29, 1.82) is 0 Å². The number of carbonyl (C=O) groups is 1. The molecule has 0 bridgehead atoms. The number of ketones is 1. The van der Waals surface area contributed by atoms with Crippen LogP contribution in [0.2, 0.25) is 5.02 Å². The third-order valence-electron chi connectivity index (χ3n) is 2.81. The molecule has 3 rings (SSSR count). The standard InChI is InChI=1S/C14H9ClN2O/c15-12-6-2-1-4-10(12)13(18)11-8-17-14-9(11)5-3-7-16-14/h1-8H,(H,16,17). The molecule has 0 saturated heterocycles. The number of rotatable bonds is 2. The molecule has 18 heavy (non-hydrogen) atoms. The molecule has 2 heterocycles. The lowest BCUT2D eigenvalue weighted by Crippen LogP contribution is -2.00. The first-order valence-corrected chi connectivity index (χ1v) is 5.86. The Labute approximate surface area is 108 Å². The van der Waals surface area contributed by atoms with E-state index >= 15 is 0 Å². The van der Waals surface area contributed by atoms with Gasteiger partial charge >= 0.3 is 0 Å². The van der Waals surface area contributed by atoms with Gasteiger partial charge in [-0.3, -0.25) is 4.79 Å². The Bertz CT molecular complexity index is 733. The number of benzene rings is 1. The number of nitrogens with zero attached hydrogens (tertiary/aromatic N) is 1. The maximum atomic E-state index is 12.4. The number of aromatic nitrogens is 2. The third kappa shape index (κ3) is 1.69. The van der Waals surface area contributed by atoms with Gasteiger partial charge in [0.2, 0.25) is 0 Å². The molecule has 0 amide bonds. The summed E-state index contributed by atoms with van der Waals surface area (Å²) in [5.41, 5.74) is 1.79. The zero-order chi connectivity index (χ0) is 12.5. The van der Waals surface area contributed by atoms with E-state index in [1.807, 2.05) is 6.07 Å². The van der Waals surface area contributed by atoms with E-state index in [2.05, 4.69) is 9.97 Å². The molecular weight excluding hydrogens is 248 g/mol. The van der Waals surface area contributed by atoms with E-state index in [9.17, 15) is 4.79 Å². The van der Waals surface area contributed by atoms with E-state index in [-0.39, 0.29) is 5.78 Å². The fourth-order valence-corrected chi connectivity index (χ4v) is 2.16. The number of carbonyl (C=O) groups excluding carboxylic acids is 1. The second-order valence-corrected chi connectivity index (χ2v) is 4.32. The van der Waals surface area contributed by atoms with Gasteiger partial charge in [-0.05, 0) is 24.3 Å². The highest BCUT2D eigenvalue weighted by molar-refractivity contribution is 6.35. The predicted octanol–water partition coefficient (Wildman–Crippen LogP) is 3.45. The topological polar surface area (TPSA) is 45.8 Å². The van der Waals surface area contributed by atoms with Crippen molar-refractivity contribution in [1.82, 2.24) is 9.97 Å². The van der Waals surface area contributed by atoms with E-state index in [0.29, 0.717) is 21.8 Å². The molecule has 88 valence electrons. The average Bonchev–Trinajstić information content (AvgIpc) is 2.82. The minimum Gasteiger partial charge on any atom is -0.345 e. The molecule has 0 saturated carbocycles. The lowest BCUT2D eigenvalue weighted by atomic mass is 10.0. The van der Waals surface area contributed by atoms with Crippen LogP contribution in [0, 0.1) is 0 Å². The molecule has 4 heteroatoms. The highest BCUT2D eigenvalue weighted by Crippen LogP contribution is 2.23. The Morgan fingerprint density at radius 2 is 1.94 bits per heavy atom. The summed E-state index contributed by atoms with van der Waals surface area (Å²) < 4.78 is 0. The van der Waals surface area contributed by atoms with E-state index in [4.69, 9.17) is 11.6 Å². The van der Waals surface area contributed by atoms with Gasteiger partial charge in [0.05, 0.1) is 5.02 Å². The van der Waals surface area contributed by atoms with E-state index in [1.165, 1.54) is 0 Å². The minimum atomic E-state index is -0.0974. The first-order chi connectivity index (χ1) is 8.77. The number of pyridine rings is 1. The van der Waals surface area contributed by atoms with E-state index in [1.54, 1.807) is 42.7 Å². The molecule has 1 aromatic carbocycles. The molecule has 0 radical (unpaired) electrons. The lowest BCUT2D eigenvalue weighted by Gasteiger charge is -2.01. The van der Waals surface area contributed by atoms with Gasteiger partial charge in [-0.1, -0.05) is 23.7 Å². The molecule has 0 aliphatic rings. The van der Waals surface area contributed by atoms with Crippen LogP contribution in [0.25, 0.3) is 11.0 Å². The second-order valence-electron chi connectivity index (χ2n) is 3.91. The molecule has 2 aromatic heterocycles. The van der Waals surface area contributed by atoms with Gasteiger partial charge in [-0.25, -0.2) is 4.98 Å². The van der Waals surface area contributed by atoms with Crippen molar-refractivity contribution in [2.45, 2.75) is 0 Å². The van der Waals surface area contributed by atoms with Crippen LogP contribution < -0.4 is 0 Å². The van der Waals surface area contributed by atoms with Gasteiger partial charge in [-0.2, -0.15) is 0 Å². The van der Waals surface area contributed by atoms with Crippen molar-refractivity contribution in [3.05, 3.63) is 64.9 Å². The fraction of sp³-hybridized carbons (Fsp3) is 0. The van der Waals surface area contributed by atoms with Gasteiger partial charge in [0.25, 0.3) is 0 Å². The number of halogens is 1. The maximum Gasteiger partial charge on any atom is 0.196 e. The lowest BCUT2D eigenvalue weighted by molar-refractivity contribution is 0.104. The minimum absolute atomic E-state index is 0.0974. The van der Waals surface area contributed by atoms with Crippen LogP contribution in [0.15, 0.2) is 48.8 Å². The summed E-state index contributed by atoms with van der Waals surface area (Å²) in [6.07, 6.45) is 3.35. The van der Waals surface area contributed by atoms with Gasteiger partial charge < -0.3 is 4.98 Å². The number of hydrogen-bond donors (Lipinski definition) is 1. The van der Waals surface area contributed by atoms with E-state index in [0.717, 1.165) is 5.39 Å². The van der Waals surface area contributed by atoms with Crippen LogP contribution >= 0.6 is 11.6 Å². The van der Waals surface area contributed by atoms with Crippen LogP contribution in [0.3, 0.4) is 0 Å². The summed E-state index contributed by atoms with van der Waals surface area (Å²) >= 11 is 6.04. The predicted molar refractivity (Wildman–Crippen MR) is 71.0 cm³/mol. The van der Waals surface area contributed by atoms with Crippen molar-refractivity contribution >= 4 is 28.4 Å². The van der Waals surface area contributed by atoms with Gasteiger partial charge in [0.15, 0.2) is 5.78 Å². The largest absolute Gasteiger partial charge is 0.345 e. The first kappa shape index (κ1) is 11.0. The Morgan fingerprint density at radius 3 is 2.78 bits per heavy atom. The highest BCUT2D eigenvalue weighted by Gasteiger charge is 2.16. The fourth-order valence-electron chi connectivity index (χ4n) is 1.93. The zero-order valence-corrected chi connectivity index (χ0v) is 10.1. The highest BCUT2D eigenvalue weighted by atomic mass is 35.5. The maximum absolute atomic E-state index is 12.4. The molecule has 0 fully saturated rings. The molecule has 3 aromatic rings. The van der Waals surface area contributed by atoms with Crippen LogP contribution in [0.5, 0.6) is 0 Å². The van der Waals surface area contributed by atoms with Crippen molar-refractivity contribution in [3.63, 3.8) is 0 Å². The summed E-state index contributed by atoms with van der Waals surface area (Å²) in [6.45, 7) is 0. The number of fused-ring (bicyclic) bond motifs is 1. The van der Waals surface area contributed by atoms with Crippen LogP contribution in [0.4, 0.5) is 0 Å². The van der Waals surface area contributed by atoms with Crippen LogP contribution in [-0.2, 0) is 0 Å². The van der Waals surface area contributed by atoms with Gasteiger partial charge in [0.1, 0.15) is 5.65 Å². The molecular formula is C14H9ClN2O. The summed E-state index contributed by atoms with van der Waals surface area (Å²) in [5, 5.41) is 1.27. The van der Waals surface area contributed by atoms with Crippen LogP contribution in [-0.4, -0.2) is 15.8 Å². The quantitative estimate of drug-likeness (QED) is 0.714. The first-order valence-electron chi connectivity index (χ1n) is 5.48. The number of nitrogens with one attached hydrogen (secondary N) is 1. The van der Waals surface area contributed by atoms with Crippen LogP contribution in [0.1, 0.15) is 15.9 Å². The van der Waals surface area contributed by atoms with Crippen molar-refractivity contribution in [2.75, 3.05) is 0 Å². The Kier molecular flexibility index (Phi) is 2.61. The number of hydrogen-bond acceptors (Lipinski definition) is 2. The molecule has 3 nitrogen and oxygen atoms in total. The smallest absolute Gasteiger partial charge is 0.196 e. The van der Waals surface area contributed by atoms with Gasteiger partial charge in [-0.15, -0.1) is 0 Å². The van der Waals surface area contributed by atoms with E-state index < -0.39 is 0 Å². The molecule has 0 aliphatic heterocycles. The Balaban J connectivity index is 2.16. The zero-order valence-electron chi connectivity index (χ0n) is 9.35. The molecule has 1 N–H and O–H groups in total. The summed E-state index contributed by atoms with van der Waals surface area (Å²) in [5.74, 6) is -0.0974. The SMILES string of the molecule is O=C(c1ccccc1Cl)c1c[nH]c2ncccc12. The molecule has 0 spiro atoms. The normalized spacial score (nSPS) is 10.7. The summed E-state index contributed by atoms with van der Waals surface area (Å²) in [6, 6.07) is 10.7. The second kappa shape index (κ2) is 4.27. The average molecular weight is 257 g/mol. The molecule has 0 unspecified atom stereocenters. The van der Waals surface area contributed by atoms with Crippen molar-refractivity contribution < 1.29 is 4.79 Å². The third-order valence-corrected chi connectivity index (χ3v) is 3.14. The van der Waals surface area contributed by atoms with Crippen molar-refractivity contribution in [3.8, 4) is 0 Å². The van der Waals surface area contributed by atoms with Crippen molar-refractivity contribution in [2.24, 2.45) is 0 Å². The molecule has 0 aliphatic carbocycles. The summed E-state index contributed by atoms with van der Waals surface area (Å²) in [7, 11) is 0. The van der Waals surface area contributed by atoms with Gasteiger partial charge in [0, 0.05) is 28.9 Å². The number of H-pyrrole nitrogens is 1. The Morgan fingerprint density at radius 1 is 1.11 bits per heavy atom. The Hall–Kier alpha value is -2.13. The summed E-state index contributed by atoms with van der Waals surface area (Å²) in [4.78, 5) is 19.6. The number of aromatic amines is 1. The monoisotopic (exact) mass is 256 g/mol.